The second-order valence-corrected chi connectivity index (χ2v) is 7.97. The lowest BCUT2D eigenvalue weighted by Gasteiger charge is -2.19. The van der Waals surface area contributed by atoms with Crippen LogP contribution in [0.1, 0.15) is 32.7 Å². The molecule has 0 saturated heterocycles. The van der Waals surface area contributed by atoms with Crippen LogP contribution >= 0.6 is 0 Å². The first-order valence-electron chi connectivity index (χ1n) is 11.2. The van der Waals surface area contributed by atoms with Crippen LogP contribution in [0.5, 0.6) is 11.5 Å². The van der Waals surface area contributed by atoms with E-state index in [1.807, 2.05) is 54.6 Å². The number of esters is 1. The number of hydrogen-bond donors (Lipinski definition) is 0. The van der Waals surface area contributed by atoms with Gasteiger partial charge in [-0.2, -0.15) is 0 Å². The third kappa shape index (κ3) is 4.63. The summed E-state index contributed by atoms with van der Waals surface area (Å²) < 4.78 is 18.3. The number of hydrogen-bond acceptors (Lipinski definition) is 7. The summed E-state index contributed by atoms with van der Waals surface area (Å²) in [4.78, 5) is 25.2. The number of ether oxygens (including phenoxy) is 3. The fourth-order valence-electron chi connectivity index (χ4n) is 3.98. The molecule has 0 unspecified atom stereocenters. The topological polar surface area (TPSA) is 87.3 Å². The van der Waals surface area contributed by atoms with Gasteiger partial charge in [-0.25, -0.2) is 14.8 Å². The maximum Gasteiger partial charge on any atom is 0.340 e. The van der Waals surface area contributed by atoms with Crippen molar-refractivity contribution in [2.45, 2.75) is 13.0 Å². The SMILES string of the molecule is COC(=O)c1cnc2ncc(/C=C/C3=NCCc4cc(OCc5ccccc5)c(OC)cc43)n2c1. The van der Waals surface area contributed by atoms with E-state index in [2.05, 4.69) is 9.97 Å². The summed E-state index contributed by atoms with van der Waals surface area (Å²) >= 11 is 0. The lowest BCUT2D eigenvalue weighted by Crippen LogP contribution is -2.12. The molecule has 2 aromatic heterocycles. The summed E-state index contributed by atoms with van der Waals surface area (Å²) in [6, 6.07) is 14.1. The highest BCUT2D eigenvalue weighted by Crippen LogP contribution is 2.33. The van der Waals surface area contributed by atoms with Crippen molar-refractivity contribution < 1.29 is 19.0 Å². The Balaban J connectivity index is 1.42. The largest absolute Gasteiger partial charge is 0.493 e. The van der Waals surface area contributed by atoms with Crippen molar-refractivity contribution in [1.29, 1.82) is 0 Å². The Hall–Kier alpha value is -4.46. The van der Waals surface area contributed by atoms with Crippen LogP contribution < -0.4 is 9.47 Å². The number of rotatable bonds is 7. The van der Waals surface area contributed by atoms with Gasteiger partial charge in [-0.1, -0.05) is 30.3 Å². The average molecular weight is 469 g/mol. The molecule has 3 heterocycles. The molecule has 176 valence electrons. The van der Waals surface area contributed by atoms with Gasteiger partial charge >= 0.3 is 5.97 Å². The number of carbonyl (C=O) groups is 1. The predicted octanol–water partition coefficient (Wildman–Crippen LogP) is 4.16. The fraction of sp³-hybridized carbons (Fsp3) is 0.185. The maximum absolute atomic E-state index is 11.9. The lowest BCUT2D eigenvalue weighted by molar-refractivity contribution is 0.0599. The van der Waals surface area contributed by atoms with E-state index < -0.39 is 5.97 Å². The molecule has 1 aliphatic heterocycles. The van der Waals surface area contributed by atoms with Crippen LogP contribution in [0.4, 0.5) is 0 Å². The number of fused-ring (bicyclic) bond motifs is 2. The van der Waals surface area contributed by atoms with E-state index in [-0.39, 0.29) is 0 Å². The number of benzene rings is 2. The number of nitrogens with zero attached hydrogens (tertiary/aromatic N) is 4. The van der Waals surface area contributed by atoms with Crippen LogP contribution in [-0.4, -0.2) is 46.8 Å². The van der Waals surface area contributed by atoms with E-state index >= 15 is 0 Å². The smallest absolute Gasteiger partial charge is 0.340 e. The second kappa shape index (κ2) is 9.80. The van der Waals surface area contributed by atoms with Gasteiger partial charge in [-0.15, -0.1) is 0 Å². The number of aliphatic imine (C=N–C) groups is 1. The molecular weight excluding hydrogens is 444 g/mol. The normalized spacial score (nSPS) is 12.9. The van der Waals surface area contributed by atoms with Crippen molar-refractivity contribution >= 4 is 23.5 Å². The minimum absolute atomic E-state index is 0.348. The van der Waals surface area contributed by atoms with Gasteiger partial charge in [0.05, 0.1) is 37.4 Å². The Labute approximate surface area is 202 Å². The van der Waals surface area contributed by atoms with Gasteiger partial charge < -0.3 is 14.2 Å². The summed E-state index contributed by atoms with van der Waals surface area (Å²) in [5.41, 5.74) is 5.19. The first-order valence-corrected chi connectivity index (χ1v) is 11.2. The Morgan fingerprint density at radius 2 is 1.89 bits per heavy atom. The molecule has 5 rings (SSSR count). The molecule has 2 aromatic carbocycles. The number of carbonyl (C=O) groups excluding carboxylic acids is 1. The highest BCUT2D eigenvalue weighted by atomic mass is 16.5. The van der Waals surface area contributed by atoms with Crippen molar-refractivity contribution in [2.24, 2.45) is 4.99 Å². The molecule has 0 radical (unpaired) electrons. The van der Waals surface area contributed by atoms with E-state index in [1.165, 1.54) is 13.3 Å². The van der Waals surface area contributed by atoms with E-state index in [1.54, 1.807) is 23.9 Å². The summed E-state index contributed by atoms with van der Waals surface area (Å²) in [5.74, 6) is 1.41. The minimum Gasteiger partial charge on any atom is -0.493 e. The Kier molecular flexibility index (Phi) is 6.26. The average Bonchev–Trinajstić information content (AvgIpc) is 3.32. The van der Waals surface area contributed by atoms with Gasteiger partial charge in [0.15, 0.2) is 11.5 Å². The second-order valence-electron chi connectivity index (χ2n) is 7.97. The van der Waals surface area contributed by atoms with Gasteiger partial charge in [0, 0.05) is 24.5 Å². The molecule has 4 aromatic rings. The van der Waals surface area contributed by atoms with Gasteiger partial charge in [0.25, 0.3) is 0 Å². The molecule has 0 N–H and O–H groups in total. The van der Waals surface area contributed by atoms with E-state index in [4.69, 9.17) is 19.2 Å². The van der Waals surface area contributed by atoms with Crippen molar-refractivity contribution in [3.8, 4) is 11.5 Å². The first-order chi connectivity index (χ1) is 17.2. The summed E-state index contributed by atoms with van der Waals surface area (Å²) in [6.07, 6.45) is 9.48. The third-order valence-electron chi connectivity index (χ3n) is 5.79. The standard InChI is InChI=1S/C27H24N4O4/c1-33-24-13-22-19(12-25(24)35-17-18-6-4-3-5-7-18)10-11-28-23(22)9-8-21-15-30-27-29-14-20(16-31(21)27)26(32)34-2/h3-9,12-16H,10-11,17H2,1-2H3/b9-8+. The van der Waals surface area contributed by atoms with Crippen molar-refractivity contribution in [3.63, 3.8) is 0 Å². The molecule has 0 atom stereocenters. The molecule has 0 saturated carbocycles. The zero-order chi connectivity index (χ0) is 24.2. The van der Waals surface area contributed by atoms with Crippen molar-refractivity contribution in [2.75, 3.05) is 20.8 Å². The summed E-state index contributed by atoms with van der Waals surface area (Å²) in [5, 5.41) is 0. The number of allylic oxidation sites excluding steroid dienone is 1. The van der Waals surface area contributed by atoms with Crippen LogP contribution in [0.2, 0.25) is 0 Å². The van der Waals surface area contributed by atoms with Crippen LogP contribution in [0.3, 0.4) is 0 Å². The van der Waals surface area contributed by atoms with Gasteiger partial charge in [-0.3, -0.25) is 9.39 Å². The molecule has 0 spiro atoms. The highest BCUT2D eigenvalue weighted by Gasteiger charge is 2.18. The van der Waals surface area contributed by atoms with Crippen LogP contribution in [0.15, 0.2) is 72.1 Å². The van der Waals surface area contributed by atoms with Crippen molar-refractivity contribution in [1.82, 2.24) is 14.4 Å². The molecular formula is C27H24N4O4. The van der Waals surface area contributed by atoms with Crippen LogP contribution in [0, 0.1) is 0 Å². The lowest BCUT2D eigenvalue weighted by atomic mass is 9.96. The fourth-order valence-corrected chi connectivity index (χ4v) is 3.98. The van der Waals surface area contributed by atoms with E-state index in [0.29, 0.717) is 36.0 Å². The van der Waals surface area contributed by atoms with Gasteiger partial charge in [0.2, 0.25) is 5.78 Å². The minimum atomic E-state index is -0.453. The predicted molar refractivity (Wildman–Crippen MR) is 132 cm³/mol. The quantitative estimate of drug-likeness (QED) is 0.379. The first kappa shape index (κ1) is 22.3. The number of aromatic nitrogens is 3. The molecule has 0 amide bonds. The zero-order valence-electron chi connectivity index (χ0n) is 19.5. The molecule has 8 nitrogen and oxygen atoms in total. The molecule has 0 bridgehead atoms. The molecule has 8 heteroatoms. The molecule has 0 aliphatic carbocycles. The van der Waals surface area contributed by atoms with E-state index in [0.717, 1.165) is 34.5 Å². The van der Waals surface area contributed by atoms with Crippen LogP contribution in [-0.2, 0) is 17.8 Å². The number of imidazole rings is 1. The zero-order valence-corrected chi connectivity index (χ0v) is 19.5. The molecule has 35 heavy (non-hydrogen) atoms. The summed E-state index contributed by atoms with van der Waals surface area (Å²) in [6.45, 7) is 1.14. The highest BCUT2D eigenvalue weighted by molar-refractivity contribution is 6.12. The van der Waals surface area contributed by atoms with Crippen LogP contribution in [0.25, 0.3) is 11.9 Å². The Bertz CT molecular complexity index is 1440. The Morgan fingerprint density at radius 1 is 1.06 bits per heavy atom. The van der Waals surface area contributed by atoms with Gasteiger partial charge in [-0.05, 0) is 41.8 Å². The van der Waals surface area contributed by atoms with Crippen molar-refractivity contribution in [3.05, 3.63) is 95.1 Å². The molecule has 0 fully saturated rings. The monoisotopic (exact) mass is 468 g/mol. The number of methoxy groups -OCH3 is 2. The maximum atomic E-state index is 11.9. The summed E-state index contributed by atoms with van der Waals surface area (Å²) in [7, 11) is 2.98. The third-order valence-corrected chi connectivity index (χ3v) is 5.79. The molecule has 1 aliphatic rings. The van der Waals surface area contributed by atoms with E-state index in [9.17, 15) is 4.79 Å². The van der Waals surface area contributed by atoms with Gasteiger partial charge in [0.1, 0.15) is 6.61 Å². The Morgan fingerprint density at radius 3 is 2.69 bits per heavy atom.